The Balaban J connectivity index is 1.62. The van der Waals surface area contributed by atoms with Crippen molar-refractivity contribution in [3.8, 4) is 17.1 Å². The second-order valence-corrected chi connectivity index (χ2v) is 8.68. The van der Waals surface area contributed by atoms with Crippen LogP contribution in [0.3, 0.4) is 0 Å². The number of rotatable bonds is 5. The Labute approximate surface area is 191 Å². The minimum atomic E-state index is -1.37. The maximum absolute atomic E-state index is 12.7. The molecule has 7 nitrogen and oxygen atoms in total. The molecule has 4 aromatic rings. The van der Waals surface area contributed by atoms with Crippen LogP contribution in [0.15, 0.2) is 76.2 Å². The van der Waals surface area contributed by atoms with Crippen molar-refractivity contribution in [3.63, 3.8) is 0 Å². The van der Waals surface area contributed by atoms with Crippen LogP contribution in [0.25, 0.3) is 34.2 Å². The number of fused-ring (bicyclic) bond motifs is 1. The van der Waals surface area contributed by atoms with Gasteiger partial charge in [-0.25, -0.2) is 4.68 Å². The van der Waals surface area contributed by atoms with Crippen molar-refractivity contribution in [2.75, 3.05) is 6.54 Å². The molecule has 9 heteroatoms. The zero-order chi connectivity index (χ0) is 22.2. The molecule has 0 aliphatic carbocycles. The van der Waals surface area contributed by atoms with E-state index >= 15 is 0 Å². The number of furan rings is 1. The number of benzene rings is 2. The first-order valence-corrected chi connectivity index (χ1v) is 10.8. The third kappa shape index (κ3) is 3.72. The number of carbonyl (C=O) groups excluding carboxylic acids is 2. The van der Waals surface area contributed by atoms with Crippen molar-refractivity contribution in [2.45, 2.75) is 0 Å². The van der Waals surface area contributed by atoms with Crippen LogP contribution in [0.4, 0.5) is 0 Å². The first kappa shape index (κ1) is 20.2. The summed E-state index contributed by atoms with van der Waals surface area (Å²) in [5, 5.41) is 16.6. The molecule has 0 N–H and O–H groups in total. The molecule has 3 heterocycles. The summed E-state index contributed by atoms with van der Waals surface area (Å²) in [7, 11) is 0. The molecule has 0 saturated carbocycles. The number of thiocarbonyl (C=S) groups is 1. The zero-order valence-electron chi connectivity index (χ0n) is 16.4. The highest BCUT2D eigenvalue weighted by Crippen LogP contribution is 2.36. The Kier molecular flexibility index (Phi) is 5.12. The fourth-order valence-electron chi connectivity index (χ4n) is 3.40. The van der Waals surface area contributed by atoms with Crippen LogP contribution in [-0.4, -0.2) is 37.4 Å². The lowest BCUT2D eigenvalue weighted by molar-refractivity contribution is -0.305. The first-order valence-electron chi connectivity index (χ1n) is 9.59. The van der Waals surface area contributed by atoms with Gasteiger partial charge in [0.25, 0.3) is 5.91 Å². The molecule has 1 fully saturated rings. The Morgan fingerprint density at radius 1 is 1.16 bits per heavy atom. The molecule has 1 amide bonds. The van der Waals surface area contributed by atoms with Gasteiger partial charge in [-0.3, -0.25) is 9.69 Å². The zero-order valence-corrected chi connectivity index (χ0v) is 18.1. The largest absolute Gasteiger partial charge is 0.548 e. The molecule has 0 bridgehead atoms. The molecule has 0 spiro atoms. The van der Waals surface area contributed by atoms with Gasteiger partial charge in [-0.1, -0.05) is 60.4 Å². The van der Waals surface area contributed by atoms with E-state index in [9.17, 15) is 14.7 Å². The lowest BCUT2D eigenvalue weighted by atomic mass is 10.1. The van der Waals surface area contributed by atoms with E-state index < -0.39 is 18.4 Å². The maximum Gasteiger partial charge on any atom is 0.266 e. The van der Waals surface area contributed by atoms with Gasteiger partial charge in [0.15, 0.2) is 5.76 Å². The van der Waals surface area contributed by atoms with Crippen molar-refractivity contribution in [1.29, 1.82) is 0 Å². The monoisotopic (exact) mass is 460 g/mol. The van der Waals surface area contributed by atoms with Crippen molar-refractivity contribution >= 4 is 57.2 Å². The number of aromatic nitrogens is 2. The summed E-state index contributed by atoms with van der Waals surface area (Å²) in [5.74, 6) is -1.30. The summed E-state index contributed by atoms with van der Waals surface area (Å²) >= 11 is 6.22. The number of amides is 1. The number of hydrogen-bond acceptors (Lipinski definition) is 7. The highest BCUT2D eigenvalue weighted by molar-refractivity contribution is 8.26. The molecule has 0 radical (unpaired) electrons. The van der Waals surface area contributed by atoms with Crippen molar-refractivity contribution in [3.05, 3.63) is 77.3 Å². The van der Waals surface area contributed by atoms with E-state index in [2.05, 4.69) is 0 Å². The van der Waals surface area contributed by atoms with E-state index in [1.165, 1.54) is 0 Å². The summed E-state index contributed by atoms with van der Waals surface area (Å²) in [4.78, 5) is 25.0. The standard InChI is InChI=1S/C23H15N3O4S2/c27-20(28)13-25-22(29)19(32-23(25)31)11-15-12-26(16-7-2-1-3-8-16)24-21(15)18-10-14-6-4-5-9-17(14)30-18/h1-12H,13H2,(H,27,28)/p-1/b19-11+. The van der Waals surface area contributed by atoms with E-state index in [0.717, 1.165) is 33.3 Å². The fraction of sp³-hybridized carbons (Fsp3) is 0.0435. The van der Waals surface area contributed by atoms with E-state index in [1.54, 1.807) is 17.0 Å². The molecular weight excluding hydrogens is 446 g/mol. The minimum absolute atomic E-state index is 0.172. The minimum Gasteiger partial charge on any atom is -0.548 e. The first-order chi connectivity index (χ1) is 15.5. The molecule has 1 saturated heterocycles. The molecular formula is C23H14N3O4S2-. The molecule has 1 aliphatic rings. The number of carboxylic acids is 1. The van der Waals surface area contributed by atoms with Gasteiger partial charge in [0.1, 0.15) is 15.6 Å². The van der Waals surface area contributed by atoms with Gasteiger partial charge in [-0.15, -0.1) is 0 Å². The van der Waals surface area contributed by atoms with E-state index in [1.807, 2.05) is 60.7 Å². The number of nitrogens with zero attached hydrogens (tertiary/aromatic N) is 3. The summed E-state index contributed by atoms with van der Waals surface area (Å²) < 4.78 is 7.89. The Bertz CT molecular complexity index is 1370. The van der Waals surface area contributed by atoms with Crippen LogP contribution in [0.5, 0.6) is 0 Å². The van der Waals surface area contributed by atoms with Crippen molar-refractivity contribution in [1.82, 2.24) is 14.7 Å². The van der Waals surface area contributed by atoms with Crippen molar-refractivity contribution in [2.24, 2.45) is 0 Å². The van der Waals surface area contributed by atoms with Crippen LogP contribution in [0, 0.1) is 0 Å². The van der Waals surface area contributed by atoms with Gasteiger partial charge in [0, 0.05) is 17.1 Å². The highest BCUT2D eigenvalue weighted by atomic mass is 32.2. The normalized spacial score (nSPS) is 15.2. The van der Waals surface area contributed by atoms with Crippen LogP contribution in [-0.2, 0) is 9.59 Å². The number of thioether (sulfide) groups is 1. The van der Waals surface area contributed by atoms with Crippen LogP contribution in [0.1, 0.15) is 5.56 Å². The number of carbonyl (C=O) groups is 2. The Hall–Kier alpha value is -3.69. The molecule has 158 valence electrons. The highest BCUT2D eigenvalue weighted by Gasteiger charge is 2.32. The second kappa shape index (κ2) is 8.10. The van der Waals surface area contributed by atoms with Crippen LogP contribution < -0.4 is 5.11 Å². The van der Waals surface area contributed by atoms with E-state index in [-0.39, 0.29) is 4.32 Å². The van der Waals surface area contributed by atoms with Gasteiger partial charge in [-0.2, -0.15) is 5.10 Å². The van der Waals surface area contributed by atoms with Gasteiger partial charge in [-0.05, 0) is 30.3 Å². The lowest BCUT2D eigenvalue weighted by Gasteiger charge is -2.14. The number of para-hydroxylation sites is 2. The van der Waals surface area contributed by atoms with E-state index in [4.69, 9.17) is 21.7 Å². The second-order valence-electron chi connectivity index (χ2n) is 7.00. The van der Waals surface area contributed by atoms with E-state index in [0.29, 0.717) is 21.9 Å². The third-order valence-electron chi connectivity index (χ3n) is 4.87. The summed E-state index contributed by atoms with van der Waals surface area (Å²) in [6.07, 6.45) is 3.45. The van der Waals surface area contributed by atoms with Gasteiger partial charge < -0.3 is 14.3 Å². The summed E-state index contributed by atoms with van der Waals surface area (Å²) in [6, 6.07) is 19.1. The lowest BCUT2D eigenvalue weighted by Crippen LogP contribution is -2.40. The molecule has 0 unspecified atom stereocenters. The molecule has 5 rings (SSSR count). The molecule has 2 aromatic heterocycles. The third-order valence-corrected chi connectivity index (χ3v) is 6.25. The predicted molar refractivity (Wildman–Crippen MR) is 124 cm³/mol. The van der Waals surface area contributed by atoms with Crippen molar-refractivity contribution < 1.29 is 19.1 Å². The summed E-state index contributed by atoms with van der Waals surface area (Å²) in [6.45, 7) is -0.582. The summed E-state index contributed by atoms with van der Waals surface area (Å²) in [5.41, 5.74) is 2.76. The number of hydrogen-bond donors (Lipinski definition) is 0. The van der Waals surface area contributed by atoms with Gasteiger partial charge in [0.05, 0.1) is 23.1 Å². The quantitative estimate of drug-likeness (QED) is 0.334. The average Bonchev–Trinajstić information content (AvgIpc) is 3.46. The van der Waals surface area contributed by atoms with Crippen LogP contribution in [0.2, 0.25) is 0 Å². The molecule has 1 aliphatic heterocycles. The van der Waals surface area contributed by atoms with Gasteiger partial charge >= 0.3 is 0 Å². The fourth-order valence-corrected chi connectivity index (χ4v) is 4.65. The Morgan fingerprint density at radius 2 is 1.91 bits per heavy atom. The molecule has 0 atom stereocenters. The number of carboxylic acid groups (broad SMARTS) is 1. The predicted octanol–water partition coefficient (Wildman–Crippen LogP) is 3.24. The van der Waals surface area contributed by atoms with Gasteiger partial charge in [0.2, 0.25) is 0 Å². The molecule has 32 heavy (non-hydrogen) atoms. The SMILES string of the molecule is O=C([O-])CN1C(=O)/C(=C\c2cn(-c3ccccc3)nc2-c2cc3ccccc3o2)SC1=S. The van der Waals surface area contributed by atoms with Crippen LogP contribution >= 0.6 is 24.0 Å². The topological polar surface area (TPSA) is 91.4 Å². The smallest absolute Gasteiger partial charge is 0.266 e. The Morgan fingerprint density at radius 3 is 2.66 bits per heavy atom. The maximum atomic E-state index is 12.7. The molecule has 2 aromatic carbocycles. The number of aliphatic carboxylic acids is 1. The average molecular weight is 461 g/mol.